The Balaban J connectivity index is 1.46. The fraction of sp³-hybridized carbons (Fsp3) is 0.417. The van der Waals surface area contributed by atoms with Crippen LogP contribution in [0, 0.1) is 13.8 Å². The normalized spacial score (nSPS) is 21.2. The van der Waals surface area contributed by atoms with E-state index in [0.29, 0.717) is 36.0 Å². The molecule has 2 aliphatic heterocycles. The number of fused-ring (bicyclic) bond motifs is 1. The van der Waals surface area contributed by atoms with Crippen LogP contribution in [0.1, 0.15) is 30.0 Å². The molecule has 0 aromatic heterocycles. The summed E-state index contributed by atoms with van der Waals surface area (Å²) in [6, 6.07) is 10.4. The zero-order chi connectivity index (χ0) is 22.9. The van der Waals surface area contributed by atoms with Crippen LogP contribution in [0.15, 0.2) is 36.4 Å². The Labute approximate surface area is 187 Å². The van der Waals surface area contributed by atoms with Gasteiger partial charge in [0.15, 0.2) is 11.5 Å². The Kier molecular flexibility index (Phi) is 5.97. The van der Waals surface area contributed by atoms with Crippen LogP contribution in [-0.4, -0.2) is 54.4 Å². The second kappa shape index (κ2) is 8.70. The van der Waals surface area contributed by atoms with Gasteiger partial charge in [-0.15, -0.1) is 0 Å². The van der Waals surface area contributed by atoms with Gasteiger partial charge in [0, 0.05) is 6.42 Å². The Hall–Kier alpha value is -3.26. The lowest BCUT2D eigenvalue weighted by Crippen LogP contribution is -2.42. The van der Waals surface area contributed by atoms with Gasteiger partial charge < -0.3 is 24.6 Å². The number of nitrogens with one attached hydrogen (secondary N) is 1. The molecule has 0 bridgehead atoms. The van der Waals surface area contributed by atoms with Crippen molar-refractivity contribution >= 4 is 11.9 Å². The van der Waals surface area contributed by atoms with E-state index in [1.54, 1.807) is 25.1 Å². The number of carbonyl (C=O) groups is 2. The smallest absolute Gasteiger partial charge is 0.325 e. The van der Waals surface area contributed by atoms with Crippen molar-refractivity contribution in [1.82, 2.24) is 10.2 Å². The van der Waals surface area contributed by atoms with Crippen LogP contribution < -0.4 is 19.5 Å². The van der Waals surface area contributed by atoms with E-state index >= 15 is 0 Å². The van der Waals surface area contributed by atoms with Crippen molar-refractivity contribution in [1.29, 1.82) is 0 Å². The number of hydrogen-bond acceptors (Lipinski definition) is 6. The van der Waals surface area contributed by atoms with Crippen molar-refractivity contribution < 1.29 is 28.9 Å². The molecular weight excluding hydrogens is 412 g/mol. The molecule has 2 heterocycles. The van der Waals surface area contributed by atoms with Crippen molar-refractivity contribution in [2.75, 3.05) is 26.4 Å². The largest absolute Gasteiger partial charge is 0.490 e. The van der Waals surface area contributed by atoms with Gasteiger partial charge in [-0.1, -0.05) is 24.3 Å². The molecule has 0 radical (unpaired) electrons. The van der Waals surface area contributed by atoms with Crippen molar-refractivity contribution in [3.05, 3.63) is 53.1 Å². The predicted octanol–water partition coefficient (Wildman–Crippen LogP) is 2.67. The SMILES string of the molecule is Cc1cccc(C)c1OC[C@H](O)CN1C(=O)N[C@](C)(c2ccc3c(c2)OCCCO3)C1=O. The topological polar surface area (TPSA) is 97.3 Å². The third-order valence-corrected chi connectivity index (χ3v) is 5.82. The van der Waals surface area contributed by atoms with Gasteiger partial charge in [0.25, 0.3) is 5.91 Å². The van der Waals surface area contributed by atoms with Crippen molar-refractivity contribution in [2.24, 2.45) is 0 Å². The molecule has 0 saturated carbocycles. The molecular formula is C24H28N2O6. The van der Waals surface area contributed by atoms with Gasteiger partial charge >= 0.3 is 6.03 Å². The third kappa shape index (κ3) is 4.10. The maximum absolute atomic E-state index is 13.2. The molecule has 0 spiro atoms. The monoisotopic (exact) mass is 440 g/mol. The molecule has 2 aromatic carbocycles. The highest BCUT2D eigenvalue weighted by Gasteiger charge is 2.49. The van der Waals surface area contributed by atoms with E-state index in [0.717, 1.165) is 22.4 Å². The van der Waals surface area contributed by atoms with Crippen LogP contribution in [0.3, 0.4) is 0 Å². The quantitative estimate of drug-likeness (QED) is 0.671. The Morgan fingerprint density at radius 3 is 2.53 bits per heavy atom. The maximum Gasteiger partial charge on any atom is 0.325 e. The van der Waals surface area contributed by atoms with Gasteiger partial charge in [-0.25, -0.2) is 4.79 Å². The summed E-state index contributed by atoms with van der Waals surface area (Å²) in [5.41, 5.74) is 1.22. The molecule has 2 aliphatic rings. The van der Waals surface area contributed by atoms with Gasteiger partial charge in [-0.3, -0.25) is 9.69 Å². The van der Waals surface area contributed by atoms with Crippen molar-refractivity contribution in [3.63, 3.8) is 0 Å². The summed E-state index contributed by atoms with van der Waals surface area (Å²) in [7, 11) is 0. The first-order valence-corrected chi connectivity index (χ1v) is 10.7. The number of imide groups is 1. The minimum Gasteiger partial charge on any atom is -0.490 e. The summed E-state index contributed by atoms with van der Waals surface area (Å²) in [6.07, 6.45) is -0.262. The highest BCUT2D eigenvalue weighted by molar-refractivity contribution is 6.07. The van der Waals surface area contributed by atoms with E-state index < -0.39 is 23.6 Å². The molecule has 2 aromatic rings. The van der Waals surface area contributed by atoms with E-state index in [1.807, 2.05) is 32.0 Å². The number of aliphatic hydroxyl groups excluding tert-OH is 1. The van der Waals surface area contributed by atoms with E-state index in [1.165, 1.54) is 0 Å². The van der Waals surface area contributed by atoms with Gasteiger partial charge in [0.2, 0.25) is 0 Å². The van der Waals surface area contributed by atoms with Crippen LogP contribution in [0.2, 0.25) is 0 Å². The molecule has 2 N–H and O–H groups in total. The minimum absolute atomic E-state index is 0.0382. The van der Waals surface area contributed by atoms with Gasteiger partial charge in [0.05, 0.1) is 19.8 Å². The molecule has 0 aliphatic carbocycles. The second-order valence-corrected chi connectivity index (χ2v) is 8.37. The fourth-order valence-electron chi connectivity index (χ4n) is 4.00. The lowest BCUT2D eigenvalue weighted by atomic mass is 9.91. The van der Waals surface area contributed by atoms with Crippen LogP contribution in [-0.2, 0) is 10.3 Å². The lowest BCUT2D eigenvalue weighted by Gasteiger charge is -2.24. The molecule has 0 unspecified atom stereocenters. The summed E-state index contributed by atoms with van der Waals surface area (Å²) in [5, 5.41) is 13.2. The molecule has 1 saturated heterocycles. The first-order chi connectivity index (χ1) is 15.3. The number of aliphatic hydroxyl groups is 1. The number of para-hydroxylation sites is 1. The van der Waals surface area contributed by atoms with Gasteiger partial charge in [-0.2, -0.15) is 0 Å². The van der Waals surface area contributed by atoms with E-state index in [-0.39, 0.29) is 13.2 Å². The van der Waals surface area contributed by atoms with Gasteiger partial charge in [0.1, 0.15) is 24.0 Å². The second-order valence-electron chi connectivity index (χ2n) is 8.37. The molecule has 1 fully saturated rings. The molecule has 170 valence electrons. The maximum atomic E-state index is 13.2. The van der Waals surface area contributed by atoms with Crippen LogP contribution in [0.5, 0.6) is 17.2 Å². The van der Waals surface area contributed by atoms with Gasteiger partial charge in [-0.05, 0) is 49.6 Å². The molecule has 2 atom stereocenters. The zero-order valence-corrected chi connectivity index (χ0v) is 18.5. The molecule has 32 heavy (non-hydrogen) atoms. The third-order valence-electron chi connectivity index (χ3n) is 5.82. The number of hydrogen-bond donors (Lipinski definition) is 2. The van der Waals surface area contributed by atoms with Crippen molar-refractivity contribution in [2.45, 2.75) is 38.8 Å². The Morgan fingerprint density at radius 1 is 1.12 bits per heavy atom. The lowest BCUT2D eigenvalue weighted by molar-refractivity contribution is -0.132. The number of rotatable bonds is 6. The standard InChI is InChI=1S/C24H28N2O6/c1-15-6-4-7-16(2)21(15)32-14-18(27)13-26-22(28)24(3,25-23(26)29)17-8-9-19-20(12-17)31-11-5-10-30-19/h4,6-9,12,18,27H,5,10-11,13-14H2,1-3H3,(H,25,29)/t18-,24-/m1/s1. The highest BCUT2D eigenvalue weighted by atomic mass is 16.5. The summed E-state index contributed by atoms with van der Waals surface area (Å²) in [5.74, 6) is 1.41. The number of benzene rings is 2. The van der Waals surface area contributed by atoms with Crippen molar-refractivity contribution in [3.8, 4) is 17.2 Å². The summed E-state index contributed by atoms with van der Waals surface area (Å²) in [4.78, 5) is 26.9. The predicted molar refractivity (Wildman–Crippen MR) is 117 cm³/mol. The highest BCUT2D eigenvalue weighted by Crippen LogP contribution is 2.36. The fourth-order valence-corrected chi connectivity index (χ4v) is 4.00. The number of nitrogens with zero attached hydrogens (tertiary/aromatic N) is 1. The molecule has 8 heteroatoms. The number of β-amino-alcohol motifs (C(OH)–C–C–N with tert-alkyl or cyclic N) is 1. The van der Waals surface area contributed by atoms with Crippen LogP contribution >= 0.6 is 0 Å². The van der Waals surface area contributed by atoms with Crippen LogP contribution in [0.4, 0.5) is 4.79 Å². The number of aryl methyl sites for hydroxylation is 2. The summed E-state index contributed by atoms with van der Waals surface area (Å²) >= 11 is 0. The molecule has 8 nitrogen and oxygen atoms in total. The number of carbonyl (C=O) groups excluding carboxylic acids is 2. The first kappa shape index (κ1) is 22.0. The zero-order valence-electron chi connectivity index (χ0n) is 18.5. The number of ether oxygens (including phenoxy) is 3. The average molecular weight is 440 g/mol. The number of urea groups is 1. The Bertz CT molecular complexity index is 1020. The Morgan fingerprint density at radius 2 is 1.81 bits per heavy atom. The number of amides is 3. The van der Waals surface area contributed by atoms with Crippen LogP contribution in [0.25, 0.3) is 0 Å². The summed E-state index contributed by atoms with van der Waals surface area (Å²) < 4.78 is 17.1. The van der Waals surface area contributed by atoms with E-state index in [4.69, 9.17) is 14.2 Å². The molecule has 4 rings (SSSR count). The van der Waals surface area contributed by atoms with E-state index in [9.17, 15) is 14.7 Å². The first-order valence-electron chi connectivity index (χ1n) is 10.7. The molecule has 3 amide bonds. The summed E-state index contributed by atoms with van der Waals surface area (Å²) in [6.45, 7) is 6.37. The average Bonchev–Trinajstić information content (AvgIpc) is 2.92. The minimum atomic E-state index is -1.27. The van der Waals surface area contributed by atoms with E-state index in [2.05, 4.69) is 5.32 Å².